The molecule has 288 valence electrons. The zero-order valence-corrected chi connectivity index (χ0v) is 31.3. The summed E-state index contributed by atoms with van der Waals surface area (Å²) in [4.78, 5) is 41.7. The lowest BCUT2D eigenvalue weighted by molar-refractivity contribution is -0.116. The van der Waals surface area contributed by atoms with Crippen LogP contribution in [0.3, 0.4) is 0 Å². The van der Waals surface area contributed by atoms with Gasteiger partial charge in [0.05, 0.1) is 35.1 Å². The van der Waals surface area contributed by atoms with E-state index >= 15 is 0 Å². The number of aryl methyl sites for hydroxylation is 1. The number of carboxylic acid groups (broad SMARTS) is 1. The number of aromatic amines is 1. The van der Waals surface area contributed by atoms with Crippen LogP contribution in [0.1, 0.15) is 61.3 Å². The fourth-order valence-corrected chi connectivity index (χ4v) is 7.53. The summed E-state index contributed by atoms with van der Waals surface area (Å²) in [6.45, 7) is 0.442. The van der Waals surface area contributed by atoms with Crippen molar-refractivity contribution in [3.63, 3.8) is 0 Å². The number of phenolic OH excluding ortho intramolecular Hbond substituents is 1. The van der Waals surface area contributed by atoms with Gasteiger partial charge in [-0.3, -0.25) is 14.5 Å². The van der Waals surface area contributed by atoms with Gasteiger partial charge in [-0.05, 0) is 79.5 Å². The van der Waals surface area contributed by atoms with Gasteiger partial charge in [-0.1, -0.05) is 60.1 Å². The molecule has 12 nitrogen and oxygen atoms in total. The highest BCUT2D eigenvalue weighted by Gasteiger charge is 2.31. The summed E-state index contributed by atoms with van der Waals surface area (Å²) >= 11 is 6.61. The number of carbonyl (C=O) groups excluding carboxylic acids is 1. The predicted octanol–water partition coefficient (Wildman–Crippen LogP) is 7.10. The van der Waals surface area contributed by atoms with E-state index in [2.05, 4.69) is 15.6 Å². The first-order chi connectivity index (χ1) is 26.5. The number of methoxy groups -OCH3 is 1. The first-order valence-electron chi connectivity index (χ1n) is 18.4. The minimum Gasteiger partial charge on any atom is -0.506 e. The van der Waals surface area contributed by atoms with Crippen LogP contribution in [0.2, 0.25) is 5.02 Å². The van der Waals surface area contributed by atoms with Crippen molar-refractivity contribution < 1.29 is 29.6 Å². The lowest BCUT2D eigenvalue weighted by Gasteiger charge is -2.35. The quantitative estimate of drug-likeness (QED) is 0.0618. The fraction of sp³-hybridized carbons (Fsp3) is 0.310. The Labute approximate surface area is 323 Å². The number of aromatic hydroxyl groups is 1. The lowest BCUT2D eigenvalue weighted by atomic mass is 9.89. The molecule has 4 aromatic carbocycles. The van der Waals surface area contributed by atoms with Gasteiger partial charge < -0.3 is 41.4 Å². The van der Waals surface area contributed by atoms with E-state index in [1.54, 1.807) is 24.3 Å². The van der Waals surface area contributed by atoms with Gasteiger partial charge >= 0.3 is 6.09 Å². The van der Waals surface area contributed by atoms with Crippen molar-refractivity contribution >= 4 is 45.9 Å². The number of aliphatic hydroxyl groups is 1. The fourth-order valence-electron chi connectivity index (χ4n) is 7.30. The lowest BCUT2D eigenvalue weighted by Crippen LogP contribution is -2.44. The zero-order chi connectivity index (χ0) is 39.1. The molecule has 1 fully saturated rings. The first-order valence-corrected chi connectivity index (χ1v) is 18.8. The molecule has 1 aromatic heterocycles. The highest BCUT2D eigenvalue weighted by Crippen LogP contribution is 2.37. The second-order valence-electron chi connectivity index (χ2n) is 13.9. The maximum atomic E-state index is 13.1. The van der Waals surface area contributed by atoms with Crippen LogP contribution in [0.25, 0.3) is 22.0 Å². The number of carbonyl (C=O) groups is 2. The van der Waals surface area contributed by atoms with Gasteiger partial charge in [0.15, 0.2) is 0 Å². The summed E-state index contributed by atoms with van der Waals surface area (Å²) in [5.41, 5.74) is 11.0. The van der Waals surface area contributed by atoms with E-state index in [4.69, 9.17) is 22.1 Å². The Morgan fingerprint density at radius 2 is 1.78 bits per heavy atom. The number of hydrogen-bond acceptors (Lipinski definition) is 8. The Bertz CT molecular complexity index is 2200. The number of hydrogen-bond donors (Lipinski definition) is 7. The number of benzene rings is 4. The van der Waals surface area contributed by atoms with Gasteiger partial charge in [0.1, 0.15) is 11.5 Å². The highest BCUT2D eigenvalue weighted by molar-refractivity contribution is 6.33. The van der Waals surface area contributed by atoms with E-state index in [9.17, 15) is 29.7 Å². The molecule has 2 amide bonds. The number of nitrogens with two attached hydrogens (primary N) is 1. The van der Waals surface area contributed by atoms with Gasteiger partial charge in [-0.2, -0.15) is 0 Å². The largest absolute Gasteiger partial charge is 0.506 e. The number of amides is 2. The number of aliphatic hydroxyl groups excluding tert-OH is 1. The Balaban J connectivity index is 1.08. The van der Waals surface area contributed by atoms with Crippen LogP contribution in [0.15, 0.2) is 89.7 Å². The molecular weight excluding hydrogens is 722 g/mol. The molecule has 5 aromatic rings. The smallest absolute Gasteiger partial charge is 0.412 e. The maximum absolute atomic E-state index is 13.1. The number of nitrogens with zero attached hydrogens (tertiary/aromatic N) is 1. The number of anilines is 2. The van der Waals surface area contributed by atoms with E-state index in [-0.39, 0.29) is 47.8 Å². The number of rotatable bonds is 14. The normalized spacial score (nSPS) is 16.1. The van der Waals surface area contributed by atoms with Crippen molar-refractivity contribution in [3.05, 3.63) is 117 Å². The molecule has 1 aliphatic rings. The minimum atomic E-state index is -0.997. The van der Waals surface area contributed by atoms with E-state index < -0.39 is 12.2 Å². The molecule has 1 atom stereocenters. The molecule has 0 spiro atoms. The zero-order valence-electron chi connectivity index (χ0n) is 30.6. The van der Waals surface area contributed by atoms with E-state index in [0.717, 1.165) is 29.5 Å². The number of H-pyrrole nitrogens is 1. The Hall–Kier alpha value is -5.40. The maximum Gasteiger partial charge on any atom is 0.412 e. The molecule has 0 unspecified atom stereocenters. The molecule has 0 bridgehead atoms. The number of aromatic nitrogens is 1. The highest BCUT2D eigenvalue weighted by atomic mass is 35.5. The average molecular weight is 768 g/mol. The van der Waals surface area contributed by atoms with Crippen LogP contribution in [-0.4, -0.2) is 58.0 Å². The van der Waals surface area contributed by atoms with Crippen LogP contribution < -0.4 is 31.6 Å². The molecule has 13 heteroatoms. The molecule has 55 heavy (non-hydrogen) atoms. The molecular formula is C42H46ClN5O7. The molecule has 0 aliphatic heterocycles. The summed E-state index contributed by atoms with van der Waals surface area (Å²) < 4.78 is 5.60. The van der Waals surface area contributed by atoms with Crippen LogP contribution in [0, 0.1) is 0 Å². The Kier molecular flexibility index (Phi) is 12.7. The SMILES string of the molecule is COc1cc(NC(=O)CCCc2ccc(-c3ccccc3)c(N(C(=O)O)C3CCC(N)CC3)c2)c(Cl)cc1CNC[C@@H](O)c1ccc(O)c2[nH]c(=O)ccc12. The second-order valence-corrected chi connectivity index (χ2v) is 14.3. The number of phenols is 1. The molecule has 8 N–H and O–H groups in total. The number of ether oxygens (including phenoxy) is 1. The van der Waals surface area contributed by atoms with Crippen LogP contribution >= 0.6 is 11.6 Å². The summed E-state index contributed by atoms with van der Waals surface area (Å²) in [5, 5.41) is 38.5. The molecule has 1 heterocycles. The summed E-state index contributed by atoms with van der Waals surface area (Å²) in [6.07, 6.45) is 2.28. The van der Waals surface area contributed by atoms with Crippen molar-refractivity contribution in [3.8, 4) is 22.6 Å². The molecule has 6 rings (SSSR count). The van der Waals surface area contributed by atoms with Crippen molar-refractivity contribution in [2.24, 2.45) is 5.73 Å². The van der Waals surface area contributed by atoms with Gasteiger partial charge in [-0.25, -0.2) is 4.79 Å². The summed E-state index contributed by atoms with van der Waals surface area (Å²) in [5.74, 6) is 0.173. The van der Waals surface area contributed by atoms with Gasteiger partial charge in [0.2, 0.25) is 11.5 Å². The first kappa shape index (κ1) is 39.3. The van der Waals surface area contributed by atoms with Gasteiger partial charge in [0, 0.05) is 60.2 Å². The third-order valence-electron chi connectivity index (χ3n) is 10.2. The number of halogens is 1. The monoisotopic (exact) mass is 767 g/mol. The Morgan fingerprint density at radius 3 is 2.51 bits per heavy atom. The van der Waals surface area contributed by atoms with Crippen LogP contribution in [-0.2, 0) is 17.8 Å². The third-order valence-corrected chi connectivity index (χ3v) is 10.5. The predicted molar refractivity (Wildman–Crippen MR) is 215 cm³/mol. The van der Waals surface area contributed by atoms with E-state index in [0.29, 0.717) is 70.9 Å². The topological polar surface area (TPSA) is 190 Å². The number of fused-ring (bicyclic) bond motifs is 1. The van der Waals surface area contributed by atoms with Crippen molar-refractivity contribution in [2.45, 2.75) is 69.7 Å². The summed E-state index contributed by atoms with van der Waals surface area (Å²) in [7, 11) is 1.52. The standard InChI is InChI=1S/C42H46ClN5O7/c1-55-38-22-34(33(43)21-27(38)23-45-24-37(50)31-16-18-36(49)41-32(31)17-19-40(52)47-41)46-39(51)9-5-6-25-10-15-30(26-7-3-2-4-8-26)35(20-25)48(42(53)54)29-13-11-28(44)12-14-29/h2-4,7-8,10,15-22,28-29,37,45,49-50H,5-6,9,11-14,23-24,44H2,1H3,(H,46,51)(H,47,52)(H,53,54)/t28?,29?,37-/m1/s1. The van der Waals surface area contributed by atoms with Crippen LogP contribution in [0.5, 0.6) is 11.5 Å². The molecule has 1 saturated carbocycles. The minimum absolute atomic E-state index is 0.0868. The third kappa shape index (κ3) is 9.46. The molecule has 1 aliphatic carbocycles. The molecule has 0 radical (unpaired) electrons. The van der Waals surface area contributed by atoms with E-state index in [1.807, 2.05) is 48.5 Å². The van der Waals surface area contributed by atoms with Crippen molar-refractivity contribution in [1.82, 2.24) is 10.3 Å². The number of nitrogens with one attached hydrogen (secondary N) is 3. The van der Waals surface area contributed by atoms with Crippen molar-refractivity contribution in [1.29, 1.82) is 0 Å². The molecule has 0 saturated heterocycles. The van der Waals surface area contributed by atoms with Crippen LogP contribution in [0.4, 0.5) is 16.2 Å². The van der Waals surface area contributed by atoms with E-state index in [1.165, 1.54) is 24.1 Å². The number of pyridine rings is 1. The Morgan fingerprint density at radius 1 is 1.02 bits per heavy atom. The van der Waals surface area contributed by atoms with Gasteiger partial charge in [-0.15, -0.1) is 0 Å². The van der Waals surface area contributed by atoms with Gasteiger partial charge in [0.25, 0.3) is 0 Å². The average Bonchev–Trinajstić information content (AvgIpc) is 3.17. The van der Waals surface area contributed by atoms with Crippen molar-refractivity contribution in [2.75, 3.05) is 23.9 Å². The summed E-state index contributed by atoms with van der Waals surface area (Å²) in [6, 6.07) is 24.8. The second kappa shape index (κ2) is 17.8.